The number of nitrogens with zero attached hydrogens (tertiary/aromatic N) is 3. The molecule has 0 saturated carbocycles. The molecule has 1 saturated heterocycles. The number of fused-ring (bicyclic) bond motifs is 1. The van der Waals surface area contributed by atoms with Crippen LogP contribution in [0, 0.1) is 6.92 Å². The maximum atomic E-state index is 13.2. The average Bonchev–Trinajstić information content (AvgIpc) is 2.96. The predicted molar refractivity (Wildman–Crippen MR) is 108 cm³/mol. The number of hydrogen-bond donors (Lipinski definition) is 0. The number of carbonyl (C=O) groups is 2. The fourth-order valence-electron chi connectivity index (χ4n) is 3.53. The highest BCUT2D eigenvalue weighted by atomic mass is 16.6. The zero-order valence-electron chi connectivity index (χ0n) is 18.4. The third-order valence-corrected chi connectivity index (χ3v) is 4.72. The van der Waals surface area contributed by atoms with Crippen LogP contribution in [0.25, 0.3) is 0 Å². The fourth-order valence-corrected chi connectivity index (χ4v) is 3.53. The van der Waals surface area contributed by atoms with Crippen molar-refractivity contribution in [2.75, 3.05) is 24.6 Å². The van der Waals surface area contributed by atoms with Gasteiger partial charge in [0.1, 0.15) is 23.3 Å². The molecule has 8 heteroatoms. The van der Waals surface area contributed by atoms with E-state index in [0.717, 1.165) is 5.69 Å². The van der Waals surface area contributed by atoms with E-state index in [4.69, 9.17) is 14.2 Å². The molecule has 3 heterocycles. The van der Waals surface area contributed by atoms with Crippen molar-refractivity contribution in [3.8, 4) is 5.75 Å². The summed E-state index contributed by atoms with van der Waals surface area (Å²) in [5, 5.41) is 0. The molecule has 1 atom stereocenters. The summed E-state index contributed by atoms with van der Waals surface area (Å²) in [5.74, 6) is 0.958. The lowest BCUT2D eigenvalue weighted by molar-refractivity contribution is 0.0260. The van der Waals surface area contributed by atoms with E-state index >= 15 is 0 Å². The molecule has 2 aliphatic rings. The van der Waals surface area contributed by atoms with Gasteiger partial charge in [-0.2, -0.15) is 0 Å². The molecule has 2 aliphatic heterocycles. The Hall–Kier alpha value is -2.51. The molecule has 1 fully saturated rings. The number of amides is 2. The molecule has 0 aromatic carbocycles. The van der Waals surface area contributed by atoms with Crippen molar-refractivity contribution in [3.63, 3.8) is 0 Å². The van der Waals surface area contributed by atoms with Gasteiger partial charge in [0.15, 0.2) is 11.6 Å². The molecule has 0 N–H and O–H groups in total. The largest absolute Gasteiger partial charge is 0.487 e. The summed E-state index contributed by atoms with van der Waals surface area (Å²) in [7, 11) is 0. The highest BCUT2D eigenvalue weighted by molar-refractivity contribution is 5.91. The van der Waals surface area contributed by atoms with Gasteiger partial charge >= 0.3 is 12.2 Å². The maximum Gasteiger partial charge on any atom is 0.416 e. The number of ether oxygens (including phenoxy) is 3. The minimum atomic E-state index is -0.757. The summed E-state index contributed by atoms with van der Waals surface area (Å²) in [5.41, 5.74) is -1.25. The number of hydrogen-bond acceptors (Lipinski definition) is 6. The lowest BCUT2D eigenvalue weighted by atomic mass is 9.95. The molecular formula is C21H31N3O5. The SMILES string of the molecule is Cc1ccc2c(n1)N(C(=O)OC(C)(C)C)C1(CCN(C(=O)OC(C)(C)C)C1)CO2. The van der Waals surface area contributed by atoms with Crippen molar-refractivity contribution in [1.29, 1.82) is 0 Å². The van der Waals surface area contributed by atoms with Crippen molar-refractivity contribution in [1.82, 2.24) is 9.88 Å². The molecule has 1 aromatic rings. The second kappa shape index (κ2) is 7.07. The lowest BCUT2D eigenvalue weighted by Crippen LogP contribution is -2.61. The molecule has 0 aliphatic carbocycles. The van der Waals surface area contributed by atoms with Crippen molar-refractivity contribution in [3.05, 3.63) is 17.8 Å². The number of aromatic nitrogens is 1. The average molecular weight is 405 g/mol. The molecule has 1 unspecified atom stereocenters. The van der Waals surface area contributed by atoms with Crippen LogP contribution in [0.1, 0.15) is 53.7 Å². The van der Waals surface area contributed by atoms with Crippen molar-refractivity contribution in [2.24, 2.45) is 0 Å². The van der Waals surface area contributed by atoms with E-state index in [0.29, 0.717) is 24.5 Å². The topological polar surface area (TPSA) is 81.2 Å². The van der Waals surface area contributed by atoms with E-state index in [2.05, 4.69) is 4.98 Å². The van der Waals surface area contributed by atoms with Crippen molar-refractivity contribution < 1.29 is 23.8 Å². The number of likely N-dealkylation sites (tertiary alicyclic amines) is 1. The summed E-state index contributed by atoms with van der Waals surface area (Å²) in [4.78, 5) is 33.6. The first-order valence-electron chi connectivity index (χ1n) is 9.91. The van der Waals surface area contributed by atoms with Crippen LogP contribution < -0.4 is 9.64 Å². The van der Waals surface area contributed by atoms with Crippen LogP contribution in [0.15, 0.2) is 12.1 Å². The summed E-state index contributed by atoms with van der Waals surface area (Å²) in [6.07, 6.45) is -0.353. The summed E-state index contributed by atoms with van der Waals surface area (Å²) < 4.78 is 17.2. The Kier molecular flexibility index (Phi) is 5.17. The number of pyridine rings is 1. The minimum Gasteiger partial charge on any atom is -0.487 e. The zero-order valence-corrected chi connectivity index (χ0v) is 18.4. The minimum absolute atomic E-state index is 0.253. The van der Waals surface area contributed by atoms with Gasteiger partial charge in [-0.15, -0.1) is 0 Å². The van der Waals surface area contributed by atoms with Gasteiger partial charge in [0.2, 0.25) is 0 Å². The van der Waals surface area contributed by atoms with E-state index in [9.17, 15) is 9.59 Å². The van der Waals surface area contributed by atoms with Crippen LogP contribution in [-0.2, 0) is 9.47 Å². The van der Waals surface area contributed by atoms with Gasteiger partial charge in [0.05, 0.1) is 6.54 Å². The standard InChI is InChI=1S/C21H31N3O5/c1-14-8-9-15-16(22-14)24(18(26)29-20(5,6)7)21(13-27-15)10-11-23(12-21)17(25)28-19(2,3)4/h8-9H,10-13H2,1-7H3. The second-order valence-corrected chi connectivity index (χ2v) is 9.76. The van der Waals surface area contributed by atoms with Crippen molar-refractivity contribution in [2.45, 2.75) is 71.6 Å². The molecule has 29 heavy (non-hydrogen) atoms. The van der Waals surface area contributed by atoms with Gasteiger partial charge in [-0.3, -0.25) is 0 Å². The highest BCUT2D eigenvalue weighted by Gasteiger charge is 2.53. The van der Waals surface area contributed by atoms with Crippen LogP contribution in [0.5, 0.6) is 5.75 Å². The summed E-state index contributed by atoms with van der Waals surface area (Å²) in [6.45, 7) is 13.8. The van der Waals surface area contributed by atoms with Crippen LogP contribution in [0.2, 0.25) is 0 Å². The van der Waals surface area contributed by atoms with Gasteiger partial charge in [-0.05, 0) is 67.0 Å². The molecule has 3 rings (SSSR count). The first kappa shape index (κ1) is 21.2. The Bertz CT molecular complexity index is 812. The van der Waals surface area contributed by atoms with Gasteiger partial charge in [0.25, 0.3) is 0 Å². The van der Waals surface area contributed by atoms with Gasteiger partial charge in [-0.25, -0.2) is 19.5 Å². The smallest absolute Gasteiger partial charge is 0.416 e. The first-order valence-corrected chi connectivity index (χ1v) is 9.91. The molecule has 2 amide bonds. The Labute approximate surface area is 172 Å². The van der Waals surface area contributed by atoms with E-state index in [-0.39, 0.29) is 13.2 Å². The lowest BCUT2D eigenvalue weighted by Gasteiger charge is -2.44. The number of aryl methyl sites for hydroxylation is 1. The molecule has 0 bridgehead atoms. The van der Waals surface area contributed by atoms with E-state index < -0.39 is 28.9 Å². The van der Waals surface area contributed by atoms with E-state index in [1.165, 1.54) is 0 Å². The first-order chi connectivity index (χ1) is 13.3. The molecule has 8 nitrogen and oxygen atoms in total. The summed E-state index contributed by atoms with van der Waals surface area (Å²) in [6, 6.07) is 3.65. The molecule has 160 valence electrons. The van der Waals surface area contributed by atoms with E-state index in [1.807, 2.05) is 60.6 Å². The van der Waals surface area contributed by atoms with Crippen LogP contribution in [0.3, 0.4) is 0 Å². The molecular weight excluding hydrogens is 374 g/mol. The molecule has 1 spiro atoms. The second-order valence-electron chi connectivity index (χ2n) is 9.76. The Morgan fingerprint density at radius 1 is 1.07 bits per heavy atom. The fraction of sp³-hybridized carbons (Fsp3) is 0.667. The third kappa shape index (κ3) is 4.57. The Morgan fingerprint density at radius 2 is 1.69 bits per heavy atom. The number of rotatable bonds is 0. The Balaban J connectivity index is 1.95. The molecule has 1 aromatic heterocycles. The van der Waals surface area contributed by atoms with Gasteiger partial charge in [-0.1, -0.05) is 0 Å². The summed E-state index contributed by atoms with van der Waals surface area (Å²) >= 11 is 0. The maximum absolute atomic E-state index is 13.2. The normalized spacial score (nSPS) is 21.6. The number of anilines is 1. The monoisotopic (exact) mass is 405 g/mol. The van der Waals surface area contributed by atoms with Crippen LogP contribution in [-0.4, -0.2) is 58.5 Å². The predicted octanol–water partition coefficient (Wildman–Crippen LogP) is 3.90. The highest BCUT2D eigenvalue weighted by Crippen LogP contribution is 2.42. The zero-order chi connectivity index (χ0) is 21.6. The third-order valence-electron chi connectivity index (χ3n) is 4.72. The van der Waals surface area contributed by atoms with Crippen LogP contribution in [0.4, 0.5) is 15.4 Å². The molecule has 0 radical (unpaired) electrons. The van der Waals surface area contributed by atoms with Crippen LogP contribution >= 0.6 is 0 Å². The van der Waals surface area contributed by atoms with Gasteiger partial charge < -0.3 is 19.1 Å². The van der Waals surface area contributed by atoms with Gasteiger partial charge in [0, 0.05) is 12.2 Å². The van der Waals surface area contributed by atoms with Crippen molar-refractivity contribution >= 4 is 18.0 Å². The quantitative estimate of drug-likeness (QED) is 0.651. The Morgan fingerprint density at radius 3 is 2.31 bits per heavy atom. The number of carbonyl (C=O) groups excluding carboxylic acids is 2. The van der Waals surface area contributed by atoms with E-state index in [1.54, 1.807) is 9.80 Å².